The zero-order valence-corrected chi connectivity index (χ0v) is 17.3. The molecule has 2 aliphatic rings. The quantitative estimate of drug-likeness (QED) is 0.554. The fourth-order valence-corrected chi connectivity index (χ4v) is 5.16. The van der Waals surface area contributed by atoms with Crippen molar-refractivity contribution in [3.8, 4) is 0 Å². The second-order valence-corrected chi connectivity index (χ2v) is 9.14. The Hall–Kier alpha value is -1.44. The highest BCUT2D eigenvalue weighted by Gasteiger charge is 2.38. The summed E-state index contributed by atoms with van der Waals surface area (Å²) < 4.78 is 1.03. The van der Waals surface area contributed by atoms with Crippen molar-refractivity contribution in [3.05, 3.63) is 50.8 Å². The van der Waals surface area contributed by atoms with E-state index in [4.69, 9.17) is 0 Å². The van der Waals surface area contributed by atoms with Gasteiger partial charge in [0.15, 0.2) is 5.17 Å². The molecule has 1 aromatic heterocycles. The summed E-state index contributed by atoms with van der Waals surface area (Å²) in [4.78, 5) is 24.7. The van der Waals surface area contributed by atoms with Crippen LogP contribution in [0.2, 0.25) is 0 Å². The number of hydrogen-bond donors (Lipinski definition) is 0. The van der Waals surface area contributed by atoms with Gasteiger partial charge in [-0.2, -0.15) is 4.99 Å². The monoisotopic (exact) mass is 447 g/mol. The van der Waals surface area contributed by atoms with Crippen LogP contribution in [0.15, 0.2) is 50.2 Å². The number of carbonyl (C=O) groups is 1. The number of thiazole rings is 1. The lowest BCUT2D eigenvalue weighted by molar-refractivity contribution is -0.124. The number of rotatable bonds is 3. The van der Waals surface area contributed by atoms with Gasteiger partial charge in [-0.05, 0) is 48.4 Å². The summed E-state index contributed by atoms with van der Waals surface area (Å²) in [7, 11) is 0. The standard InChI is InChI=1S/C19H18BrN3OS2/c20-14-8-6-13(7-9-14)12-16-17(24)23(15-4-2-1-3-5-15)19(26-16)22-18-21-10-11-25-18/h6-12,15H,1-5H2/b16-12-,22-19+. The van der Waals surface area contributed by atoms with Crippen molar-refractivity contribution in [2.75, 3.05) is 0 Å². The molecule has 4 nitrogen and oxygen atoms in total. The maximum Gasteiger partial charge on any atom is 0.267 e. The van der Waals surface area contributed by atoms with Crippen molar-refractivity contribution in [1.29, 1.82) is 0 Å². The first kappa shape index (κ1) is 17.9. The van der Waals surface area contributed by atoms with E-state index in [9.17, 15) is 4.79 Å². The van der Waals surface area contributed by atoms with Crippen molar-refractivity contribution in [2.45, 2.75) is 38.1 Å². The van der Waals surface area contributed by atoms with Gasteiger partial charge in [0.2, 0.25) is 5.13 Å². The number of benzene rings is 1. The smallest absolute Gasteiger partial charge is 0.267 e. The van der Waals surface area contributed by atoms with Crippen molar-refractivity contribution in [3.63, 3.8) is 0 Å². The number of amidine groups is 1. The van der Waals surface area contributed by atoms with Gasteiger partial charge < -0.3 is 0 Å². The minimum Gasteiger partial charge on any atom is -0.283 e. The Kier molecular flexibility index (Phi) is 5.57. The summed E-state index contributed by atoms with van der Waals surface area (Å²) in [6.45, 7) is 0. The summed E-state index contributed by atoms with van der Waals surface area (Å²) in [5.41, 5.74) is 1.02. The third-order valence-corrected chi connectivity index (χ3v) is 6.73. The van der Waals surface area contributed by atoms with Crippen LogP contribution in [0.3, 0.4) is 0 Å². The summed E-state index contributed by atoms with van der Waals surface area (Å²) in [6, 6.07) is 8.23. The lowest BCUT2D eigenvalue weighted by atomic mass is 9.94. The number of thioether (sulfide) groups is 1. The number of halogens is 1. The number of nitrogens with zero attached hydrogens (tertiary/aromatic N) is 3. The van der Waals surface area contributed by atoms with Gasteiger partial charge in [-0.25, -0.2) is 4.98 Å². The molecule has 1 aromatic carbocycles. The lowest BCUT2D eigenvalue weighted by Crippen LogP contribution is -2.40. The Morgan fingerprint density at radius 1 is 1.19 bits per heavy atom. The van der Waals surface area contributed by atoms with E-state index in [0.717, 1.165) is 33.0 Å². The fourth-order valence-electron chi connectivity index (χ4n) is 3.29. The molecule has 2 aromatic rings. The Bertz CT molecular complexity index is 840. The Labute approximate surface area is 169 Å². The van der Waals surface area contributed by atoms with Crippen LogP contribution in [0.5, 0.6) is 0 Å². The van der Waals surface area contributed by atoms with Crippen molar-refractivity contribution >= 4 is 61.3 Å². The highest BCUT2D eigenvalue weighted by Crippen LogP contribution is 2.38. The molecule has 0 N–H and O–H groups in total. The first-order chi connectivity index (χ1) is 12.7. The maximum absolute atomic E-state index is 13.1. The van der Waals surface area contributed by atoms with Gasteiger partial charge in [-0.3, -0.25) is 9.69 Å². The third kappa shape index (κ3) is 3.94. The molecule has 1 amide bonds. The van der Waals surface area contributed by atoms with Gasteiger partial charge in [0.1, 0.15) is 0 Å². The van der Waals surface area contributed by atoms with Gasteiger partial charge in [-0.15, -0.1) is 11.3 Å². The largest absolute Gasteiger partial charge is 0.283 e. The molecule has 4 rings (SSSR count). The van der Waals surface area contributed by atoms with E-state index >= 15 is 0 Å². The normalized spacial score (nSPS) is 21.9. The van der Waals surface area contributed by atoms with Crippen molar-refractivity contribution in [2.24, 2.45) is 4.99 Å². The van der Waals surface area contributed by atoms with Crippen molar-refractivity contribution < 1.29 is 4.79 Å². The highest BCUT2D eigenvalue weighted by atomic mass is 79.9. The van der Waals surface area contributed by atoms with Crippen LogP contribution in [-0.2, 0) is 4.79 Å². The zero-order valence-electron chi connectivity index (χ0n) is 14.1. The summed E-state index contributed by atoms with van der Waals surface area (Å²) in [6.07, 6.45) is 9.41. The molecule has 0 spiro atoms. The predicted octanol–water partition coefficient (Wildman–Crippen LogP) is 5.84. The van der Waals surface area contributed by atoms with E-state index in [1.165, 1.54) is 42.4 Å². The molecular formula is C19H18BrN3OS2. The van der Waals surface area contributed by atoms with E-state index in [1.807, 2.05) is 40.6 Å². The summed E-state index contributed by atoms with van der Waals surface area (Å²) in [5, 5.41) is 3.37. The lowest BCUT2D eigenvalue weighted by Gasteiger charge is -2.30. The van der Waals surface area contributed by atoms with E-state index < -0.39 is 0 Å². The van der Waals surface area contributed by atoms with Gasteiger partial charge in [0, 0.05) is 22.1 Å². The van der Waals surface area contributed by atoms with E-state index in [2.05, 4.69) is 25.9 Å². The first-order valence-electron chi connectivity index (χ1n) is 8.67. The fraction of sp³-hybridized carbons (Fsp3) is 0.316. The number of aromatic nitrogens is 1. The van der Waals surface area contributed by atoms with Crippen LogP contribution in [0.1, 0.15) is 37.7 Å². The second kappa shape index (κ2) is 8.06. The van der Waals surface area contributed by atoms with E-state index in [0.29, 0.717) is 5.13 Å². The third-order valence-electron chi connectivity index (χ3n) is 4.56. The molecule has 134 valence electrons. The molecule has 2 fully saturated rings. The molecule has 2 heterocycles. The average Bonchev–Trinajstić information content (AvgIpc) is 3.27. The molecule has 0 radical (unpaired) electrons. The minimum atomic E-state index is 0.0696. The van der Waals surface area contributed by atoms with Gasteiger partial charge in [0.05, 0.1) is 4.91 Å². The van der Waals surface area contributed by atoms with Crippen LogP contribution >= 0.6 is 39.0 Å². The van der Waals surface area contributed by atoms with E-state index in [1.54, 1.807) is 6.20 Å². The van der Waals surface area contributed by atoms with E-state index in [-0.39, 0.29) is 11.9 Å². The zero-order chi connectivity index (χ0) is 17.9. The molecule has 0 bridgehead atoms. The van der Waals surface area contributed by atoms with Crippen LogP contribution in [-0.4, -0.2) is 27.0 Å². The molecule has 1 aliphatic heterocycles. The van der Waals surface area contributed by atoms with Crippen LogP contribution in [0, 0.1) is 0 Å². The first-order valence-corrected chi connectivity index (χ1v) is 11.2. The molecule has 1 aliphatic carbocycles. The molecule has 1 saturated carbocycles. The molecule has 0 atom stereocenters. The SMILES string of the molecule is O=C1/C(=C/c2ccc(Br)cc2)S/C(=N/c2nccs2)N1C1CCCCC1. The minimum absolute atomic E-state index is 0.0696. The summed E-state index contributed by atoms with van der Waals surface area (Å²) >= 11 is 6.40. The van der Waals surface area contributed by atoms with Gasteiger partial charge in [0.25, 0.3) is 5.91 Å². The highest BCUT2D eigenvalue weighted by molar-refractivity contribution is 9.10. The average molecular weight is 448 g/mol. The predicted molar refractivity (Wildman–Crippen MR) is 113 cm³/mol. The van der Waals surface area contributed by atoms with Crippen LogP contribution in [0.4, 0.5) is 5.13 Å². The molecule has 1 saturated heterocycles. The maximum atomic E-state index is 13.1. The number of carbonyl (C=O) groups excluding carboxylic acids is 1. The van der Waals surface area contributed by atoms with Crippen LogP contribution in [0.25, 0.3) is 6.08 Å². The van der Waals surface area contributed by atoms with Gasteiger partial charge in [-0.1, -0.05) is 47.3 Å². The molecule has 7 heteroatoms. The Morgan fingerprint density at radius 3 is 2.65 bits per heavy atom. The Morgan fingerprint density at radius 2 is 1.96 bits per heavy atom. The van der Waals surface area contributed by atoms with Crippen LogP contribution < -0.4 is 0 Å². The van der Waals surface area contributed by atoms with Gasteiger partial charge >= 0.3 is 0 Å². The molecule has 26 heavy (non-hydrogen) atoms. The second-order valence-electron chi connectivity index (χ2n) is 6.34. The Balaban J connectivity index is 1.67. The number of amides is 1. The summed E-state index contributed by atoms with van der Waals surface area (Å²) in [5.74, 6) is 0.0696. The molecular weight excluding hydrogens is 430 g/mol. The van der Waals surface area contributed by atoms with Crippen molar-refractivity contribution in [1.82, 2.24) is 9.88 Å². The number of hydrogen-bond acceptors (Lipinski definition) is 5. The number of aliphatic imine (C=N–C) groups is 1. The molecule has 0 unspecified atom stereocenters. The topological polar surface area (TPSA) is 45.6 Å².